The Morgan fingerprint density at radius 1 is 0.973 bits per heavy atom. The number of likely N-dealkylation sites (tertiary alicyclic amines) is 1. The van der Waals surface area contributed by atoms with Crippen LogP contribution >= 0.6 is 0 Å². The van der Waals surface area contributed by atoms with Gasteiger partial charge in [0, 0.05) is 18.3 Å². The third kappa shape index (κ3) is 6.20. The van der Waals surface area contributed by atoms with Crippen LogP contribution in [-0.2, 0) is 11.0 Å². The summed E-state index contributed by atoms with van der Waals surface area (Å²) >= 11 is 0. The van der Waals surface area contributed by atoms with Gasteiger partial charge in [0.1, 0.15) is 11.9 Å². The van der Waals surface area contributed by atoms with Crippen LogP contribution in [0.2, 0.25) is 0 Å². The van der Waals surface area contributed by atoms with Crippen molar-refractivity contribution in [2.45, 2.75) is 62.7 Å². The molecule has 0 bridgehead atoms. The van der Waals surface area contributed by atoms with E-state index in [-0.39, 0.29) is 29.1 Å². The van der Waals surface area contributed by atoms with Gasteiger partial charge in [-0.25, -0.2) is 14.0 Å². The normalized spacial score (nSPS) is 21.9. The van der Waals surface area contributed by atoms with Gasteiger partial charge in [0.25, 0.3) is 0 Å². The first-order valence-electron chi connectivity index (χ1n) is 12.1. The summed E-state index contributed by atoms with van der Waals surface area (Å²) in [6.45, 7) is 0.291. The van der Waals surface area contributed by atoms with Crippen LogP contribution in [-0.4, -0.2) is 46.5 Å². The topological polar surface area (TPSA) is 98.7 Å². The van der Waals surface area contributed by atoms with Crippen molar-refractivity contribution < 1.29 is 37.1 Å². The van der Waals surface area contributed by atoms with Crippen LogP contribution in [0.1, 0.15) is 65.9 Å². The summed E-state index contributed by atoms with van der Waals surface area (Å²) in [5, 5.41) is 14.6. The van der Waals surface area contributed by atoms with E-state index in [0.29, 0.717) is 44.4 Å². The van der Waals surface area contributed by atoms with Gasteiger partial charge in [0.2, 0.25) is 5.91 Å². The van der Waals surface area contributed by atoms with Crippen molar-refractivity contribution in [1.29, 1.82) is 0 Å². The molecule has 2 aliphatic rings. The number of carbonyl (C=O) groups is 3. The Bertz CT molecular complexity index is 1180. The van der Waals surface area contributed by atoms with Crippen molar-refractivity contribution in [2.24, 2.45) is 0 Å². The minimum Gasteiger partial charge on any atom is -0.478 e. The Morgan fingerprint density at radius 3 is 2.35 bits per heavy atom. The third-order valence-electron chi connectivity index (χ3n) is 7.02. The highest BCUT2D eigenvalue weighted by molar-refractivity contribution is 5.94. The summed E-state index contributed by atoms with van der Waals surface area (Å²) in [5.74, 6) is -2.57. The molecule has 2 aromatic carbocycles. The Hall–Kier alpha value is -3.63. The van der Waals surface area contributed by atoms with Gasteiger partial charge in [-0.3, -0.25) is 4.79 Å². The number of hydrogen-bond acceptors (Lipinski definition) is 3. The summed E-state index contributed by atoms with van der Waals surface area (Å²) in [5.41, 5.74) is -0.352. The molecule has 1 atom stereocenters. The van der Waals surface area contributed by atoms with Gasteiger partial charge >= 0.3 is 18.2 Å². The fourth-order valence-corrected chi connectivity index (χ4v) is 5.09. The lowest BCUT2D eigenvalue weighted by atomic mass is 9.81. The van der Waals surface area contributed by atoms with Crippen LogP contribution in [0.15, 0.2) is 42.5 Å². The zero-order valence-corrected chi connectivity index (χ0v) is 19.9. The van der Waals surface area contributed by atoms with Crippen molar-refractivity contribution >= 4 is 23.6 Å². The van der Waals surface area contributed by atoms with Crippen LogP contribution in [0.5, 0.6) is 0 Å². The van der Waals surface area contributed by atoms with E-state index in [2.05, 4.69) is 10.6 Å². The van der Waals surface area contributed by atoms with Gasteiger partial charge in [-0.05, 0) is 80.3 Å². The van der Waals surface area contributed by atoms with Gasteiger partial charge in [0.15, 0.2) is 0 Å². The molecule has 0 radical (unpaired) electrons. The summed E-state index contributed by atoms with van der Waals surface area (Å²) in [4.78, 5) is 38.3. The highest BCUT2D eigenvalue weighted by atomic mass is 19.4. The molecule has 3 N–H and O–H groups in total. The van der Waals surface area contributed by atoms with Crippen LogP contribution in [0, 0.1) is 5.82 Å². The van der Waals surface area contributed by atoms with Crippen LogP contribution < -0.4 is 10.6 Å². The number of nitrogens with zero attached hydrogens (tertiary/aromatic N) is 1. The Labute approximate surface area is 210 Å². The molecular formula is C26H27F4N3O4. The van der Waals surface area contributed by atoms with E-state index in [0.717, 1.165) is 24.5 Å². The van der Waals surface area contributed by atoms with Crippen molar-refractivity contribution in [3.05, 3.63) is 65.0 Å². The first-order valence-corrected chi connectivity index (χ1v) is 12.1. The molecule has 1 aliphatic heterocycles. The average Bonchev–Trinajstić information content (AvgIpc) is 3.34. The quantitative estimate of drug-likeness (QED) is 0.460. The molecule has 1 aliphatic carbocycles. The maximum absolute atomic E-state index is 13.9. The van der Waals surface area contributed by atoms with Crippen LogP contribution in [0.25, 0.3) is 0 Å². The number of anilines is 1. The number of carboxylic acids is 1. The maximum Gasteiger partial charge on any atom is 0.419 e. The lowest BCUT2D eigenvalue weighted by Gasteiger charge is -2.31. The molecule has 1 saturated heterocycles. The molecule has 0 spiro atoms. The fourth-order valence-electron chi connectivity index (χ4n) is 5.09. The maximum atomic E-state index is 13.9. The molecule has 3 amide bonds. The molecule has 2 aromatic rings. The number of hydrogen-bond donors (Lipinski definition) is 3. The number of carboxylic acid groups (broad SMARTS) is 1. The highest BCUT2D eigenvalue weighted by Gasteiger charge is 2.37. The molecule has 11 heteroatoms. The Morgan fingerprint density at radius 2 is 1.70 bits per heavy atom. The predicted octanol–water partition coefficient (Wildman–Crippen LogP) is 5.38. The van der Waals surface area contributed by atoms with Gasteiger partial charge in [-0.15, -0.1) is 0 Å². The largest absolute Gasteiger partial charge is 0.478 e. The first-order chi connectivity index (χ1) is 17.5. The lowest BCUT2D eigenvalue weighted by molar-refractivity contribution is -0.140. The second-order valence-corrected chi connectivity index (χ2v) is 9.46. The minimum atomic E-state index is -4.84. The number of alkyl halides is 3. The zero-order chi connectivity index (χ0) is 26.7. The first kappa shape index (κ1) is 26.4. The molecule has 2 fully saturated rings. The number of nitrogens with one attached hydrogen (secondary N) is 2. The predicted molar refractivity (Wildman–Crippen MR) is 127 cm³/mol. The number of carbonyl (C=O) groups excluding carboxylic acids is 2. The Balaban J connectivity index is 1.32. The van der Waals surface area contributed by atoms with Crippen molar-refractivity contribution in [2.75, 3.05) is 11.9 Å². The van der Waals surface area contributed by atoms with Crippen LogP contribution in [0.3, 0.4) is 0 Å². The minimum absolute atomic E-state index is 0.0825. The molecule has 0 aromatic heterocycles. The SMILES string of the molecule is O=C(O)c1cccc(C2CCC(NC(=O)[C@H]3CCCN3C(=O)Nc3ccc(C(F)(F)F)c(F)c3)CC2)c1. The van der Waals surface area contributed by atoms with Crippen LogP contribution in [0.4, 0.5) is 28.0 Å². The lowest BCUT2D eigenvalue weighted by Crippen LogP contribution is -2.50. The fraction of sp³-hybridized carbons (Fsp3) is 0.423. The van der Waals surface area contributed by atoms with Gasteiger partial charge in [-0.1, -0.05) is 12.1 Å². The van der Waals surface area contributed by atoms with Crippen molar-refractivity contribution in [1.82, 2.24) is 10.2 Å². The molecule has 1 saturated carbocycles. The van der Waals surface area contributed by atoms with E-state index in [9.17, 15) is 37.1 Å². The molecular weight excluding hydrogens is 494 g/mol. The zero-order valence-electron chi connectivity index (χ0n) is 19.9. The molecule has 1 heterocycles. The summed E-state index contributed by atoms with van der Waals surface area (Å²) in [7, 11) is 0. The Kier molecular flexibility index (Phi) is 7.70. The molecule has 198 valence electrons. The number of amides is 3. The summed E-state index contributed by atoms with van der Waals surface area (Å²) in [6.07, 6.45) is -0.844. The molecule has 4 rings (SSSR count). The van der Waals surface area contributed by atoms with E-state index in [4.69, 9.17) is 0 Å². The summed E-state index contributed by atoms with van der Waals surface area (Å²) in [6, 6.07) is 7.52. The van der Waals surface area contributed by atoms with E-state index >= 15 is 0 Å². The van der Waals surface area contributed by atoms with E-state index in [1.807, 2.05) is 6.07 Å². The highest BCUT2D eigenvalue weighted by Crippen LogP contribution is 2.34. The third-order valence-corrected chi connectivity index (χ3v) is 7.02. The van der Waals surface area contributed by atoms with Gasteiger partial charge in [0.05, 0.1) is 11.1 Å². The van der Waals surface area contributed by atoms with Gasteiger partial charge in [-0.2, -0.15) is 13.2 Å². The number of urea groups is 1. The molecule has 0 unspecified atom stereocenters. The van der Waals surface area contributed by atoms with Gasteiger partial charge < -0.3 is 20.6 Å². The number of aromatic carboxylic acids is 1. The average molecular weight is 522 g/mol. The number of benzene rings is 2. The number of rotatable bonds is 5. The van der Waals surface area contributed by atoms with E-state index in [1.54, 1.807) is 18.2 Å². The van der Waals surface area contributed by atoms with E-state index < -0.39 is 35.6 Å². The van der Waals surface area contributed by atoms with Crippen molar-refractivity contribution in [3.63, 3.8) is 0 Å². The number of halogens is 4. The monoisotopic (exact) mass is 521 g/mol. The second-order valence-electron chi connectivity index (χ2n) is 9.46. The second kappa shape index (κ2) is 10.8. The molecule has 37 heavy (non-hydrogen) atoms. The van der Waals surface area contributed by atoms with E-state index in [1.165, 1.54) is 4.90 Å². The standard InChI is InChI=1S/C26H27F4N3O4/c27-21-14-19(10-11-20(21)26(28,29)30)32-25(37)33-12-2-5-22(33)23(34)31-18-8-6-15(7-9-18)16-3-1-4-17(13-16)24(35)36/h1,3-4,10-11,13-15,18,22H,2,5-9,12H2,(H,31,34)(H,32,37)(H,35,36)/t15?,18?,22-/m1/s1. The smallest absolute Gasteiger partial charge is 0.419 e. The van der Waals surface area contributed by atoms with Crippen molar-refractivity contribution in [3.8, 4) is 0 Å². The summed E-state index contributed by atoms with van der Waals surface area (Å²) < 4.78 is 52.2. The molecule has 7 nitrogen and oxygen atoms in total.